The number of fused-ring (bicyclic) bond motifs is 2. The van der Waals surface area contributed by atoms with Crippen molar-refractivity contribution in [3.05, 3.63) is 52.6 Å². The molecule has 5 nitrogen and oxygen atoms in total. The van der Waals surface area contributed by atoms with Crippen LogP contribution in [0.5, 0.6) is 11.5 Å². The van der Waals surface area contributed by atoms with Gasteiger partial charge in [-0.25, -0.2) is 9.37 Å². The van der Waals surface area contributed by atoms with Gasteiger partial charge in [-0.1, -0.05) is 6.07 Å². The number of nitrogens with one attached hydrogen (secondary N) is 2. The fraction of sp³-hybridized carbons (Fsp3) is 0.381. The molecule has 27 heavy (non-hydrogen) atoms. The first-order chi connectivity index (χ1) is 13.0. The summed E-state index contributed by atoms with van der Waals surface area (Å²) in [6.07, 6.45) is 2.88. The van der Waals surface area contributed by atoms with Crippen LogP contribution < -0.4 is 10.1 Å². The summed E-state index contributed by atoms with van der Waals surface area (Å²) < 4.78 is 19.5. The van der Waals surface area contributed by atoms with Gasteiger partial charge in [0.25, 0.3) is 0 Å². The zero-order valence-electron chi connectivity index (χ0n) is 15.6. The number of aromatic hydroxyl groups is 1. The van der Waals surface area contributed by atoms with Crippen LogP contribution in [0.1, 0.15) is 35.9 Å². The lowest BCUT2D eigenvalue weighted by Gasteiger charge is -2.11. The Morgan fingerprint density at radius 3 is 3.04 bits per heavy atom. The van der Waals surface area contributed by atoms with Gasteiger partial charge in [-0.3, -0.25) is 0 Å². The number of aryl methyl sites for hydroxylation is 1. The maximum absolute atomic E-state index is 14.2. The molecular formula is C21H24FN3O2. The van der Waals surface area contributed by atoms with Crippen molar-refractivity contribution in [3.8, 4) is 11.5 Å². The summed E-state index contributed by atoms with van der Waals surface area (Å²) in [5.41, 5.74) is 4.31. The van der Waals surface area contributed by atoms with Crippen molar-refractivity contribution in [2.45, 2.75) is 38.6 Å². The normalized spacial score (nSPS) is 14.3. The fourth-order valence-corrected chi connectivity index (χ4v) is 3.63. The summed E-state index contributed by atoms with van der Waals surface area (Å²) in [5, 5.41) is 13.5. The van der Waals surface area contributed by atoms with Crippen molar-refractivity contribution in [1.82, 2.24) is 15.3 Å². The number of aromatic amines is 1. The summed E-state index contributed by atoms with van der Waals surface area (Å²) in [4.78, 5) is 8.02. The molecule has 1 aliphatic heterocycles. The standard InChI is InChI=1S/C21H24FN3O2/c1-12(23-2)3-4-15-18(26)6-5-17-20(15)25-19(24-17)11-13-9-14-7-8-27-21(14)16(22)10-13/h5-6,9-10,12,23,26H,3-4,7-8,11H2,1-2H3,(H,24,25). The van der Waals surface area contributed by atoms with Crippen molar-refractivity contribution in [3.63, 3.8) is 0 Å². The van der Waals surface area contributed by atoms with Crippen LogP contribution in [-0.2, 0) is 19.3 Å². The number of halogens is 1. The molecule has 0 radical (unpaired) electrons. The predicted octanol–water partition coefficient (Wildman–Crippen LogP) is 3.47. The molecule has 3 aromatic rings. The van der Waals surface area contributed by atoms with E-state index in [2.05, 4.69) is 17.2 Å². The monoisotopic (exact) mass is 369 g/mol. The SMILES string of the molecule is CNC(C)CCc1c(O)ccc2[nH]c(Cc3cc(F)c4c(c3)CCO4)nc12. The van der Waals surface area contributed by atoms with Gasteiger partial charge in [-0.2, -0.15) is 0 Å². The minimum Gasteiger partial charge on any atom is -0.508 e. The summed E-state index contributed by atoms with van der Waals surface area (Å²) in [6.45, 7) is 2.65. The van der Waals surface area contributed by atoms with Crippen LogP contribution in [0.3, 0.4) is 0 Å². The first kappa shape index (κ1) is 17.8. The Kier molecular flexibility index (Phi) is 4.74. The molecule has 0 bridgehead atoms. The second-order valence-electron chi connectivity index (χ2n) is 7.21. The Morgan fingerprint density at radius 1 is 1.37 bits per heavy atom. The largest absolute Gasteiger partial charge is 0.508 e. The summed E-state index contributed by atoms with van der Waals surface area (Å²) in [5.74, 6) is 1.10. The van der Waals surface area contributed by atoms with Gasteiger partial charge in [0, 0.05) is 30.0 Å². The van der Waals surface area contributed by atoms with Crippen molar-refractivity contribution in [1.29, 1.82) is 0 Å². The third kappa shape index (κ3) is 3.49. The van der Waals surface area contributed by atoms with Gasteiger partial charge >= 0.3 is 0 Å². The Bertz CT molecular complexity index is 983. The van der Waals surface area contributed by atoms with Crippen molar-refractivity contribution >= 4 is 11.0 Å². The minimum atomic E-state index is -0.310. The molecule has 4 rings (SSSR count). The Hall–Kier alpha value is -2.60. The lowest BCUT2D eigenvalue weighted by Crippen LogP contribution is -2.21. The molecule has 1 unspecified atom stereocenters. The Morgan fingerprint density at radius 2 is 2.22 bits per heavy atom. The van der Waals surface area contributed by atoms with Gasteiger partial charge in [-0.05, 0) is 50.6 Å². The van der Waals surface area contributed by atoms with Gasteiger partial charge in [-0.15, -0.1) is 0 Å². The number of imidazole rings is 1. The van der Waals surface area contributed by atoms with Crippen LogP contribution in [0.4, 0.5) is 4.39 Å². The summed E-state index contributed by atoms with van der Waals surface area (Å²) in [6, 6.07) is 7.41. The lowest BCUT2D eigenvalue weighted by atomic mass is 10.0. The average molecular weight is 369 g/mol. The molecule has 2 aromatic carbocycles. The van der Waals surface area contributed by atoms with Crippen LogP contribution in [0.15, 0.2) is 24.3 Å². The van der Waals surface area contributed by atoms with E-state index in [1.807, 2.05) is 19.2 Å². The number of H-pyrrole nitrogens is 1. The Balaban J connectivity index is 1.63. The summed E-state index contributed by atoms with van der Waals surface area (Å²) in [7, 11) is 1.93. The average Bonchev–Trinajstić information content (AvgIpc) is 3.27. The molecule has 0 aliphatic carbocycles. The molecule has 0 spiro atoms. The minimum absolute atomic E-state index is 0.268. The topological polar surface area (TPSA) is 70.2 Å². The number of nitrogens with zero attached hydrogens (tertiary/aromatic N) is 1. The zero-order chi connectivity index (χ0) is 19.0. The first-order valence-electron chi connectivity index (χ1n) is 9.36. The third-order valence-electron chi connectivity index (χ3n) is 5.27. The molecule has 6 heteroatoms. The highest BCUT2D eigenvalue weighted by molar-refractivity contribution is 5.81. The highest BCUT2D eigenvalue weighted by atomic mass is 19.1. The number of hydrogen-bond acceptors (Lipinski definition) is 4. The number of phenols is 1. The van der Waals surface area contributed by atoms with Crippen molar-refractivity contribution < 1.29 is 14.2 Å². The quantitative estimate of drug-likeness (QED) is 0.622. The zero-order valence-corrected chi connectivity index (χ0v) is 15.6. The molecule has 142 valence electrons. The Labute approximate surface area is 157 Å². The smallest absolute Gasteiger partial charge is 0.165 e. The molecular weight excluding hydrogens is 345 g/mol. The predicted molar refractivity (Wildman–Crippen MR) is 103 cm³/mol. The second kappa shape index (κ2) is 7.19. The van der Waals surface area contributed by atoms with E-state index in [1.54, 1.807) is 6.07 Å². The second-order valence-corrected chi connectivity index (χ2v) is 7.21. The number of hydrogen-bond donors (Lipinski definition) is 3. The lowest BCUT2D eigenvalue weighted by molar-refractivity contribution is 0.339. The van der Waals surface area contributed by atoms with E-state index in [0.717, 1.165) is 52.8 Å². The van der Waals surface area contributed by atoms with Crippen LogP contribution in [0.25, 0.3) is 11.0 Å². The highest BCUT2D eigenvalue weighted by Gasteiger charge is 2.19. The molecule has 1 aromatic heterocycles. The first-order valence-corrected chi connectivity index (χ1v) is 9.36. The van der Waals surface area contributed by atoms with Crippen LogP contribution in [-0.4, -0.2) is 34.8 Å². The maximum Gasteiger partial charge on any atom is 0.165 e. The van der Waals surface area contributed by atoms with E-state index in [0.29, 0.717) is 24.8 Å². The number of aromatic nitrogens is 2. The van der Waals surface area contributed by atoms with E-state index in [1.165, 1.54) is 6.07 Å². The van der Waals surface area contributed by atoms with Gasteiger partial charge in [0.1, 0.15) is 11.6 Å². The van der Waals surface area contributed by atoms with E-state index in [9.17, 15) is 9.50 Å². The number of rotatable bonds is 6. The van der Waals surface area contributed by atoms with E-state index in [-0.39, 0.29) is 11.6 Å². The maximum atomic E-state index is 14.2. The molecule has 0 saturated heterocycles. The van der Waals surface area contributed by atoms with Crippen LogP contribution >= 0.6 is 0 Å². The van der Waals surface area contributed by atoms with Gasteiger partial charge in [0.05, 0.1) is 17.6 Å². The van der Waals surface area contributed by atoms with E-state index < -0.39 is 0 Å². The number of phenolic OH excluding ortho intramolecular Hbond substituents is 1. The third-order valence-corrected chi connectivity index (χ3v) is 5.27. The number of ether oxygens (including phenoxy) is 1. The van der Waals surface area contributed by atoms with Crippen molar-refractivity contribution in [2.24, 2.45) is 0 Å². The molecule has 3 N–H and O–H groups in total. The van der Waals surface area contributed by atoms with Crippen molar-refractivity contribution in [2.75, 3.05) is 13.7 Å². The summed E-state index contributed by atoms with van der Waals surface area (Å²) >= 11 is 0. The molecule has 0 fully saturated rings. The molecule has 1 atom stereocenters. The molecule has 2 heterocycles. The van der Waals surface area contributed by atoms with E-state index in [4.69, 9.17) is 9.72 Å². The fourth-order valence-electron chi connectivity index (χ4n) is 3.63. The van der Waals surface area contributed by atoms with Gasteiger partial charge in [0.2, 0.25) is 0 Å². The highest BCUT2D eigenvalue weighted by Crippen LogP contribution is 2.31. The van der Waals surface area contributed by atoms with Crippen LogP contribution in [0, 0.1) is 5.82 Å². The number of benzene rings is 2. The molecule has 0 saturated carbocycles. The van der Waals surface area contributed by atoms with Crippen LogP contribution in [0.2, 0.25) is 0 Å². The molecule has 0 amide bonds. The van der Waals surface area contributed by atoms with Gasteiger partial charge in [0.15, 0.2) is 11.6 Å². The molecule has 1 aliphatic rings. The van der Waals surface area contributed by atoms with E-state index >= 15 is 0 Å². The van der Waals surface area contributed by atoms with Gasteiger partial charge < -0.3 is 20.1 Å².